The summed E-state index contributed by atoms with van der Waals surface area (Å²) < 4.78 is 1.75. The van der Waals surface area contributed by atoms with Gasteiger partial charge in [0.1, 0.15) is 0 Å². The first-order valence-corrected chi connectivity index (χ1v) is 9.77. The molecule has 154 valence electrons. The van der Waals surface area contributed by atoms with E-state index in [0.717, 1.165) is 41.7 Å². The number of hydrogen-bond donors (Lipinski definition) is 1. The molecule has 0 spiro atoms. The summed E-state index contributed by atoms with van der Waals surface area (Å²) in [6, 6.07) is 10.4. The molecule has 0 saturated carbocycles. The summed E-state index contributed by atoms with van der Waals surface area (Å²) >= 11 is 7.05. The van der Waals surface area contributed by atoms with Gasteiger partial charge in [-0.3, -0.25) is 14.9 Å². The van der Waals surface area contributed by atoms with Gasteiger partial charge < -0.3 is 9.67 Å². The van der Waals surface area contributed by atoms with E-state index >= 15 is 0 Å². The number of hydrazone groups is 1. The van der Waals surface area contributed by atoms with Gasteiger partial charge in [-0.05, 0) is 29.8 Å². The van der Waals surface area contributed by atoms with Gasteiger partial charge in [0.15, 0.2) is 11.0 Å². The van der Waals surface area contributed by atoms with Gasteiger partial charge in [0.05, 0.1) is 16.9 Å². The lowest BCUT2D eigenvalue weighted by Gasteiger charge is -2.08. The molecule has 2 aromatic carbocycles. The summed E-state index contributed by atoms with van der Waals surface area (Å²) in [4.78, 5) is 22.1. The number of hydrogen-bond acceptors (Lipinski definition) is 8. The van der Waals surface area contributed by atoms with Crippen molar-refractivity contribution in [1.29, 1.82) is 0 Å². The van der Waals surface area contributed by atoms with Crippen LogP contribution in [0.3, 0.4) is 0 Å². The minimum atomic E-state index is -0.620. The molecule has 3 rings (SSSR count). The zero-order valence-corrected chi connectivity index (χ0v) is 17.1. The standard InChI is InChI=1S/C18H15ClN6O4S/c1-24-17(11-2-4-13(19)5-3-11)22-23-18(24)30-10-16(27)21-20-9-12-8-14(25(28)29)6-7-15(12)26/h2-9,26H,10H2,1H3,(H,21,27)/p-1/b20-9-. The Hall–Kier alpha value is -3.44. The van der Waals surface area contributed by atoms with Crippen LogP contribution in [-0.4, -0.2) is 37.6 Å². The van der Waals surface area contributed by atoms with Crippen LogP contribution in [0.15, 0.2) is 52.7 Å². The third kappa shape index (κ3) is 5.13. The van der Waals surface area contributed by atoms with Crippen LogP contribution < -0.4 is 10.5 Å². The lowest BCUT2D eigenvalue weighted by atomic mass is 10.2. The fraction of sp³-hybridized carbons (Fsp3) is 0.111. The molecule has 1 N–H and O–H groups in total. The number of carbonyl (C=O) groups is 1. The van der Waals surface area contributed by atoms with Crippen molar-refractivity contribution in [2.45, 2.75) is 5.16 Å². The van der Waals surface area contributed by atoms with Crippen molar-refractivity contribution in [3.63, 3.8) is 0 Å². The average molecular weight is 446 g/mol. The van der Waals surface area contributed by atoms with E-state index in [2.05, 4.69) is 20.7 Å². The Kier molecular flexibility index (Phi) is 6.65. The van der Waals surface area contributed by atoms with Crippen LogP contribution in [0.1, 0.15) is 5.56 Å². The van der Waals surface area contributed by atoms with Gasteiger partial charge in [0.25, 0.3) is 11.6 Å². The molecule has 1 heterocycles. The Labute approximate surface area is 179 Å². The zero-order valence-electron chi connectivity index (χ0n) is 15.5. The molecule has 0 unspecified atom stereocenters. The normalized spacial score (nSPS) is 11.0. The highest BCUT2D eigenvalue weighted by atomic mass is 35.5. The maximum absolute atomic E-state index is 12.0. The van der Waals surface area contributed by atoms with Gasteiger partial charge in [-0.25, -0.2) is 5.43 Å². The molecule has 30 heavy (non-hydrogen) atoms. The number of nitrogens with zero attached hydrogens (tertiary/aromatic N) is 5. The van der Waals surface area contributed by atoms with Crippen molar-refractivity contribution < 1.29 is 14.8 Å². The Bertz CT molecular complexity index is 1120. The maximum atomic E-state index is 12.0. The average Bonchev–Trinajstić information content (AvgIpc) is 3.08. The maximum Gasteiger partial charge on any atom is 0.270 e. The summed E-state index contributed by atoms with van der Waals surface area (Å²) in [6.07, 6.45) is 1.07. The van der Waals surface area contributed by atoms with Crippen LogP contribution in [0.2, 0.25) is 5.02 Å². The Morgan fingerprint density at radius 2 is 2.03 bits per heavy atom. The van der Waals surface area contributed by atoms with Gasteiger partial charge in [-0.1, -0.05) is 35.2 Å². The number of amides is 1. The van der Waals surface area contributed by atoms with Crippen LogP contribution in [0.5, 0.6) is 5.75 Å². The Morgan fingerprint density at radius 3 is 2.73 bits per heavy atom. The molecule has 0 radical (unpaired) electrons. The molecule has 3 aromatic rings. The number of benzene rings is 2. The quantitative estimate of drug-likeness (QED) is 0.255. The largest absolute Gasteiger partial charge is 0.872 e. The van der Waals surface area contributed by atoms with E-state index in [1.54, 1.807) is 23.7 Å². The van der Waals surface area contributed by atoms with Gasteiger partial charge in [0, 0.05) is 29.8 Å². The number of nitro groups is 1. The van der Waals surface area contributed by atoms with Crippen LogP contribution in [0, 0.1) is 10.1 Å². The topological polar surface area (TPSA) is 138 Å². The van der Waals surface area contributed by atoms with E-state index in [1.165, 1.54) is 0 Å². The number of aromatic nitrogens is 3. The number of nitro benzene ring substituents is 1. The number of carbonyl (C=O) groups excluding carboxylic acids is 1. The molecule has 0 atom stereocenters. The zero-order chi connectivity index (χ0) is 21.7. The van der Waals surface area contributed by atoms with E-state index in [0.29, 0.717) is 16.0 Å². The molecule has 0 saturated heterocycles. The second kappa shape index (κ2) is 9.37. The van der Waals surface area contributed by atoms with Crippen LogP contribution in [0.25, 0.3) is 11.4 Å². The van der Waals surface area contributed by atoms with Gasteiger partial charge in [0.2, 0.25) is 0 Å². The van der Waals surface area contributed by atoms with E-state index in [1.807, 2.05) is 12.1 Å². The van der Waals surface area contributed by atoms with Crippen molar-refractivity contribution in [2.24, 2.45) is 12.1 Å². The Balaban J connectivity index is 1.58. The summed E-state index contributed by atoms with van der Waals surface area (Å²) in [7, 11) is 1.78. The molecule has 10 nitrogen and oxygen atoms in total. The molecule has 0 aliphatic carbocycles. The van der Waals surface area contributed by atoms with Crippen molar-refractivity contribution in [3.05, 3.63) is 63.2 Å². The Morgan fingerprint density at radius 1 is 1.30 bits per heavy atom. The third-order valence-corrected chi connectivity index (χ3v) is 5.14. The minimum absolute atomic E-state index is 0.00180. The predicted octanol–water partition coefficient (Wildman–Crippen LogP) is 2.36. The number of nitrogens with one attached hydrogen (secondary N) is 1. The second-order valence-corrected chi connectivity index (χ2v) is 7.31. The molecule has 0 bridgehead atoms. The van der Waals surface area contributed by atoms with Crippen molar-refractivity contribution in [2.75, 3.05) is 5.75 Å². The molecule has 1 amide bonds. The summed E-state index contributed by atoms with van der Waals surface area (Å²) in [6.45, 7) is 0. The summed E-state index contributed by atoms with van der Waals surface area (Å²) in [5.41, 5.74) is 2.86. The van der Waals surface area contributed by atoms with Gasteiger partial charge in [-0.2, -0.15) is 5.10 Å². The minimum Gasteiger partial charge on any atom is -0.872 e. The van der Waals surface area contributed by atoms with Gasteiger partial charge in [-0.15, -0.1) is 10.2 Å². The van der Waals surface area contributed by atoms with Crippen molar-refractivity contribution in [3.8, 4) is 17.1 Å². The van der Waals surface area contributed by atoms with Gasteiger partial charge >= 0.3 is 0 Å². The van der Waals surface area contributed by atoms with E-state index in [9.17, 15) is 20.0 Å². The molecule has 1 aromatic heterocycles. The molecule has 12 heteroatoms. The van der Waals surface area contributed by atoms with E-state index < -0.39 is 16.6 Å². The molecule has 0 aliphatic heterocycles. The van der Waals surface area contributed by atoms with Crippen LogP contribution in [-0.2, 0) is 11.8 Å². The number of non-ortho nitro benzene ring substituents is 1. The summed E-state index contributed by atoms with van der Waals surface area (Å²) in [5, 5.41) is 35.5. The first kappa shape index (κ1) is 21.3. The fourth-order valence-electron chi connectivity index (χ4n) is 2.38. The highest BCUT2D eigenvalue weighted by molar-refractivity contribution is 7.99. The van der Waals surface area contributed by atoms with Crippen LogP contribution in [0.4, 0.5) is 5.69 Å². The molecular weight excluding hydrogens is 432 g/mol. The highest BCUT2D eigenvalue weighted by Crippen LogP contribution is 2.24. The smallest absolute Gasteiger partial charge is 0.270 e. The first-order valence-electron chi connectivity index (χ1n) is 8.40. The lowest BCUT2D eigenvalue weighted by molar-refractivity contribution is -0.385. The van der Waals surface area contributed by atoms with E-state index in [-0.39, 0.29) is 17.0 Å². The predicted molar refractivity (Wildman–Crippen MR) is 110 cm³/mol. The number of thioether (sulfide) groups is 1. The molecule has 0 fully saturated rings. The molecular formula is C18H14ClN6O4S-. The van der Waals surface area contributed by atoms with Crippen molar-refractivity contribution in [1.82, 2.24) is 20.2 Å². The number of rotatable bonds is 7. The highest BCUT2D eigenvalue weighted by Gasteiger charge is 2.13. The number of halogens is 1. The first-order chi connectivity index (χ1) is 14.3. The second-order valence-electron chi connectivity index (χ2n) is 5.93. The lowest BCUT2D eigenvalue weighted by Crippen LogP contribution is -2.20. The fourth-order valence-corrected chi connectivity index (χ4v) is 3.21. The third-order valence-electron chi connectivity index (χ3n) is 3.87. The van der Waals surface area contributed by atoms with E-state index in [4.69, 9.17) is 11.6 Å². The molecule has 0 aliphatic rings. The van der Waals surface area contributed by atoms with Crippen molar-refractivity contribution >= 4 is 41.2 Å². The van der Waals surface area contributed by atoms with Crippen LogP contribution >= 0.6 is 23.4 Å². The summed E-state index contributed by atoms with van der Waals surface area (Å²) in [5.74, 6) is -0.253. The monoisotopic (exact) mass is 445 g/mol. The SMILES string of the molecule is Cn1c(SCC(=O)N/N=C\c2cc([N+](=O)[O-])ccc2[O-])nnc1-c1ccc(Cl)cc1.